The first-order valence-corrected chi connectivity index (χ1v) is 12.4. The van der Waals surface area contributed by atoms with Crippen LogP contribution in [-0.2, 0) is 4.79 Å². The molecular formula is C25H44N2O. The number of carbonyl (C=O) groups is 1. The van der Waals surface area contributed by atoms with Gasteiger partial charge in [-0.3, -0.25) is 10.2 Å². The number of nitrogens with two attached hydrogens (primary N) is 1. The fraction of sp³-hybridized carbons (Fsp3) is 0.960. The zero-order valence-corrected chi connectivity index (χ0v) is 18.6. The van der Waals surface area contributed by atoms with Crippen LogP contribution in [0, 0.1) is 46.3 Å². The predicted molar refractivity (Wildman–Crippen MR) is 115 cm³/mol. The van der Waals surface area contributed by atoms with Crippen molar-refractivity contribution in [3.05, 3.63) is 0 Å². The third-order valence-electron chi connectivity index (χ3n) is 10.6. The number of fused-ring (bicyclic) bond motifs is 5. The van der Waals surface area contributed by atoms with Gasteiger partial charge < -0.3 is 0 Å². The van der Waals surface area contributed by atoms with Gasteiger partial charge in [-0.05, 0) is 104 Å². The average molecular weight is 389 g/mol. The van der Waals surface area contributed by atoms with Crippen molar-refractivity contribution in [1.29, 1.82) is 0 Å². The SMILES string of the molecule is CC[C@H]1CC2C3CCC(CCCC(=O)NN)C3(C)CC[C@@H]2C2(C)CCCCC12. The standard InChI is InChI=1S/C25H44N2O/c1-4-17-16-19-21-12-11-18(8-7-10-23(28)27-26)24(21,2)15-13-22(19)25(3)14-6-5-9-20(17)25/h17-22H,4-16,26H2,1-3H3,(H,27,28)/t17-,18?,19?,20?,21?,22-,24?,25?/m0/s1. The number of hydrazine groups is 1. The molecule has 4 aliphatic rings. The monoisotopic (exact) mass is 388 g/mol. The van der Waals surface area contributed by atoms with Gasteiger partial charge in [0.15, 0.2) is 0 Å². The van der Waals surface area contributed by atoms with Gasteiger partial charge in [0.05, 0.1) is 0 Å². The molecule has 0 aliphatic heterocycles. The largest absolute Gasteiger partial charge is 0.294 e. The minimum absolute atomic E-state index is 0.00209. The molecule has 4 saturated carbocycles. The molecule has 4 fully saturated rings. The topological polar surface area (TPSA) is 55.1 Å². The molecule has 0 radical (unpaired) electrons. The second kappa shape index (κ2) is 7.93. The maximum Gasteiger partial charge on any atom is 0.233 e. The van der Waals surface area contributed by atoms with Crippen LogP contribution in [-0.4, -0.2) is 5.91 Å². The lowest BCUT2D eigenvalue weighted by Crippen LogP contribution is -2.55. The van der Waals surface area contributed by atoms with E-state index < -0.39 is 0 Å². The van der Waals surface area contributed by atoms with E-state index in [1.165, 1.54) is 70.6 Å². The van der Waals surface area contributed by atoms with Crippen LogP contribution in [0.15, 0.2) is 0 Å². The second-order valence-corrected chi connectivity index (χ2v) is 11.4. The number of nitrogens with one attached hydrogen (secondary N) is 1. The molecule has 1 amide bonds. The smallest absolute Gasteiger partial charge is 0.233 e. The van der Waals surface area contributed by atoms with Crippen LogP contribution >= 0.6 is 0 Å². The van der Waals surface area contributed by atoms with Crippen molar-refractivity contribution in [3.63, 3.8) is 0 Å². The highest BCUT2D eigenvalue weighted by atomic mass is 16.2. The van der Waals surface area contributed by atoms with Gasteiger partial charge in [0, 0.05) is 6.42 Å². The Balaban J connectivity index is 1.50. The first kappa shape index (κ1) is 20.7. The summed E-state index contributed by atoms with van der Waals surface area (Å²) in [4.78, 5) is 11.5. The summed E-state index contributed by atoms with van der Waals surface area (Å²) in [5.41, 5.74) is 3.45. The van der Waals surface area contributed by atoms with Crippen LogP contribution < -0.4 is 11.3 Å². The zero-order valence-electron chi connectivity index (χ0n) is 18.6. The van der Waals surface area contributed by atoms with Crippen molar-refractivity contribution in [1.82, 2.24) is 5.43 Å². The third-order valence-corrected chi connectivity index (χ3v) is 10.6. The summed E-state index contributed by atoms with van der Waals surface area (Å²) in [6.07, 6.45) is 17.4. The molecule has 0 saturated heterocycles. The lowest BCUT2D eigenvalue weighted by molar-refractivity contribution is -0.136. The van der Waals surface area contributed by atoms with Crippen LogP contribution in [0.1, 0.15) is 104 Å². The zero-order chi connectivity index (χ0) is 19.9. The van der Waals surface area contributed by atoms with Crippen LogP contribution in [0.3, 0.4) is 0 Å². The van der Waals surface area contributed by atoms with Gasteiger partial charge in [-0.2, -0.15) is 0 Å². The van der Waals surface area contributed by atoms with Crippen molar-refractivity contribution in [2.24, 2.45) is 52.2 Å². The highest BCUT2D eigenvalue weighted by molar-refractivity contribution is 5.75. The van der Waals surface area contributed by atoms with E-state index in [4.69, 9.17) is 5.84 Å². The van der Waals surface area contributed by atoms with Crippen molar-refractivity contribution >= 4 is 5.91 Å². The van der Waals surface area contributed by atoms with E-state index in [2.05, 4.69) is 26.2 Å². The lowest BCUT2D eigenvalue weighted by atomic mass is 9.42. The van der Waals surface area contributed by atoms with Gasteiger partial charge >= 0.3 is 0 Å². The fourth-order valence-corrected chi connectivity index (χ4v) is 9.18. The minimum Gasteiger partial charge on any atom is -0.294 e. The number of hydrogen-bond acceptors (Lipinski definition) is 2. The molecule has 0 bridgehead atoms. The maximum absolute atomic E-state index is 11.5. The van der Waals surface area contributed by atoms with Crippen molar-refractivity contribution in [3.8, 4) is 0 Å². The Bertz CT molecular complexity index is 577. The predicted octanol–water partition coefficient (Wildman–Crippen LogP) is 5.83. The quantitative estimate of drug-likeness (QED) is 0.353. The Morgan fingerprint density at radius 2 is 1.79 bits per heavy atom. The van der Waals surface area contributed by atoms with Crippen molar-refractivity contribution in [2.45, 2.75) is 104 Å². The van der Waals surface area contributed by atoms with Crippen LogP contribution in [0.4, 0.5) is 0 Å². The Hall–Kier alpha value is -0.570. The van der Waals surface area contributed by atoms with E-state index in [1.807, 2.05) is 0 Å². The summed E-state index contributed by atoms with van der Waals surface area (Å²) in [6.45, 7) is 7.80. The molecule has 28 heavy (non-hydrogen) atoms. The van der Waals surface area contributed by atoms with Gasteiger partial charge in [-0.25, -0.2) is 5.84 Å². The molecular weight excluding hydrogens is 344 g/mol. The molecule has 4 aliphatic carbocycles. The summed E-state index contributed by atoms with van der Waals surface area (Å²) in [6, 6.07) is 0. The molecule has 6 unspecified atom stereocenters. The summed E-state index contributed by atoms with van der Waals surface area (Å²) in [5.74, 6) is 11.0. The molecule has 160 valence electrons. The van der Waals surface area contributed by atoms with Gasteiger partial charge in [0.25, 0.3) is 0 Å². The Kier molecular flexibility index (Phi) is 5.86. The molecule has 0 aromatic rings. The summed E-state index contributed by atoms with van der Waals surface area (Å²) in [7, 11) is 0. The molecule has 0 heterocycles. The van der Waals surface area contributed by atoms with Crippen LogP contribution in [0.2, 0.25) is 0 Å². The van der Waals surface area contributed by atoms with Crippen LogP contribution in [0.5, 0.6) is 0 Å². The number of hydrogen-bond donors (Lipinski definition) is 2. The Morgan fingerprint density at radius 3 is 2.54 bits per heavy atom. The minimum atomic E-state index is -0.00209. The molecule has 8 atom stereocenters. The van der Waals surface area contributed by atoms with Crippen LogP contribution in [0.25, 0.3) is 0 Å². The first-order valence-electron chi connectivity index (χ1n) is 12.4. The average Bonchev–Trinajstić information content (AvgIpc) is 3.03. The second-order valence-electron chi connectivity index (χ2n) is 11.4. The van der Waals surface area contributed by atoms with E-state index >= 15 is 0 Å². The first-order chi connectivity index (χ1) is 13.4. The summed E-state index contributed by atoms with van der Waals surface area (Å²) >= 11 is 0. The Labute approximate surface area is 172 Å². The number of rotatable bonds is 5. The van der Waals surface area contributed by atoms with Gasteiger partial charge in [0.2, 0.25) is 5.91 Å². The Morgan fingerprint density at radius 1 is 1.00 bits per heavy atom. The molecule has 0 aromatic carbocycles. The van der Waals surface area contributed by atoms with Gasteiger partial charge in [0.1, 0.15) is 0 Å². The molecule has 3 N–H and O–H groups in total. The number of amides is 1. The number of carbonyl (C=O) groups excluding carboxylic acids is 1. The summed E-state index contributed by atoms with van der Waals surface area (Å²) < 4.78 is 0. The molecule has 4 rings (SSSR count). The highest BCUT2D eigenvalue weighted by Gasteiger charge is 2.60. The lowest BCUT2D eigenvalue weighted by Gasteiger charge is -2.62. The van der Waals surface area contributed by atoms with Crippen molar-refractivity contribution in [2.75, 3.05) is 0 Å². The maximum atomic E-state index is 11.5. The molecule has 0 aromatic heterocycles. The fourth-order valence-electron chi connectivity index (χ4n) is 9.18. The van der Waals surface area contributed by atoms with E-state index in [9.17, 15) is 4.79 Å². The molecule has 3 nitrogen and oxygen atoms in total. The summed E-state index contributed by atoms with van der Waals surface area (Å²) in [5, 5.41) is 0. The molecule has 0 spiro atoms. The van der Waals surface area contributed by atoms with E-state index in [1.54, 1.807) is 0 Å². The van der Waals surface area contributed by atoms with E-state index in [0.717, 1.165) is 41.9 Å². The highest BCUT2D eigenvalue weighted by Crippen LogP contribution is 2.69. The van der Waals surface area contributed by atoms with E-state index in [0.29, 0.717) is 17.3 Å². The van der Waals surface area contributed by atoms with E-state index in [-0.39, 0.29) is 5.91 Å². The molecule has 3 heteroatoms. The normalized spacial score (nSPS) is 47.7. The van der Waals surface area contributed by atoms with Gasteiger partial charge in [-0.15, -0.1) is 0 Å². The third kappa shape index (κ3) is 3.24. The van der Waals surface area contributed by atoms with Gasteiger partial charge in [-0.1, -0.05) is 40.0 Å². The van der Waals surface area contributed by atoms with Crippen molar-refractivity contribution < 1.29 is 4.79 Å².